The number of pyridine rings is 2. The highest BCUT2D eigenvalue weighted by molar-refractivity contribution is 5.94. The highest BCUT2D eigenvalue weighted by Crippen LogP contribution is 2.23. The lowest BCUT2D eigenvalue weighted by molar-refractivity contribution is -0.0247. The predicted octanol–water partition coefficient (Wildman–Crippen LogP) is 2.06. The molecule has 1 aliphatic heterocycles. The van der Waals surface area contributed by atoms with Gasteiger partial charge in [-0.05, 0) is 30.7 Å². The van der Waals surface area contributed by atoms with Crippen LogP contribution in [0.4, 0.5) is 5.82 Å². The van der Waals surface area contributed by atoms with Crippen molar-refractivity contribution >= 4 is 11.7 Å². The Kier molecular flexibility index (Phi) is 4.76. The molecule has 0 N–H and O–H groups in total. The molecule has 0 radical (unpaired) electrons. The second-order valence-corrected chi connectivity index (χ2v) is 6.18. The van der Waals surface area contributed by atoms with E-state index in [1.54, 1.807) is 12.4 Å². The molecule has 1 saturated heterocycles. The lowest BCUT2D eigenvalue weighted by Crippen LogP contribution is -2.42. The van der Waals surface area contributed by atoms with Gasteiger partial charge in [0, 0.05) is 33.0 Å². The van der Waals surface area contributed by atoms with Crippen molar-refractivity contribution in [3.8, 4) is 0 Å². The second kappa shape index (κ2) is 6.97. The fraction of sp³-hybridized carbons (Fsp3) is 0.389. The minimum absolute atomic E-state index is 0.0109. The second-order valence-electron chi connectivity index (χ2n) is 6.18. The van der Waals surface area contributed by atoms with Crippen molar-refractivity contribution in [3.05, 3.63) is 53.5 Å². The lowest BCUT2D eigenvalue weighted by Gasteiger charge is -2.33. The number of anilines is 1. The summed E-state index contributed by atoms with van der Waals surface area (Å²) in [5, 5.41) is 0. The number of ether oxygens (including phenoxy) is 1. The Hall–Kier alpha value is -2.47. The Morgan fingerprint density at radius 1 is 1.33 bits per heavy atom. The molecule has 1 amide bonds. The van der Waals surface area contributed by atoms with Crippen LogP contribution in [-0.4, -0.2) is 54.6 Å². The molecule has 0 spiro atoms. The van der Waals surface area contributed by atoms with Crippen molar-refractivity contribution in [2.24, 2.45) is 0 Å². The molecule has 126 valence electrons. The summed E-state index contributed by atoms with van der Waals surface area (Å²) in [7, 11) is 3.91. The van der Waals surface area contributed by atoms with Gasteiger partial charge in [-0.1, -0.05) is 6.07 Å². The van der Waals surface area contributed by atoms with Crippen LogP contribution in [0, 0.1) is 6.92 Å². The highest BCUT2D eigenvalue weighted by Gasteiger charge is 2.27. The average molecular weight is 326 g/mol. The third kappa shape index (κ3) is 3.54. The van der Waals surface area contributed by atoms with Gasteiger partial charge in [0.25, 0.3) is 5.91 Å². The molecular formula is C18H22N4O2. The molecular weight excluding hydrogens is 304 g/mol. The van der Waals surface area contributed by atoms with E-state index < -0.39 is 0 Å². The summed E-state index contributed by atoms with van der Waals surface area (Å²) in [6.45, 7) is 3.51. The molecule has 1 aliphatic rings. The van der Waals surface area contributed by atoms with Gasteiger partial charge >= 0.3 is 0 Å². The normalized spacial score (nSPS) is 17.6. The Morgan fingerprint density at radius 2 is 2.17 bits per heavy atom. The Morgan fingerprint density at radius 3 is 2.92 bits per heavy atom. The predicted molar refractivity (Wildman–Crippen MR) is 92.1 cm³/mol. The number of hydrogen-bond donors (Lipinski definition) is 0. The van der Waals surface area contributed by atoms with E-state index in [4.69, 9.17) is 4.74 Å². The van der Waals surface area contributed by atoms with Crippen molar-refractivity contribution in [2.75, 3.05) is 38.7 Å². The monoisotopic (exact) mass is 326 g/mol. The number of carbonyl (C=O) groups is 1. The smallest absolute Gasteiger partial charge is 0.255 e. The van der Waals surface area contributed by atoms with Crippen molar-refractivity contribution < 1.29 is 9.53 Å². The third-order valence-corrected chi connectivity index (χ3v) is 4.02. The molecule has 0 saturated carbocycles. The number of nitrogens with zero attached hydrogens (tertiary/aromatic N) is 4. The van der Waals surface area contributed by atoms with Gasteiger partial charge in [0.2, 0.25) is 0 Å². The molecule has 2 aromatic rings. The minimum atomic E-state index is -0.208. The van der Waals surface area contributed by atoms with Gasteiger partial charge in [-0.3, -0.25) is 9.78 Å². The van der Waals surface area contributed by atoms with Gasteiger partial charge in [-0.2, -0.15) is 0 Å². The number of hydrogen-bond acceptors (Lipinski definition) is 5. The van der Waals surface area contributed by atoms with Gasteiger partial charge < -0.3 is 14.5 Å². The van der Waals surface area contributed by atoms with E-state index in [1.807, 2.05) is 55.1 Å². The first kappa shape index (κ1) is 16.4. The summed E-state index contributed by atoms with van der Waals surface area (Å²) in [5.41, 5.74) is 2.44. The van der Waals surface area contributed by atoms with E-state index in [2.05, 4.69) is 9.97 Å². The lowest BCUT2D eigenvalue weighted by atomic mass is 10.1. The number of morpholine rings is 1. The molecule has 3 heterocycles. The molecule has 24 heavy (non-hydrogen) atoms. The molecule has 2 aromatic heterocycles. The van der Waals surface area contributed by atoms with Crippen LogP contribution in [0.25, 0.3) is 0 Å². The van der Waals surface area contributed by atoms with Gasteiger partial charge in [0.1, 0.15) is 11.9 Å². The van der Waals surface area contributed by atoms with E-state index in [0.29, 0.717) is 25.3 Å². The van der Waals surface area contributed by atoms with Crippen LogP contribution in [0.5, 0.6) is 0 Å². The SMILES string of the molecule is Cc1cncc(C(=O)N2CCO[C@H](c3cccc(N(C)C)n3)C2)c1. The zero-order valence-electron chi connectivity index (χ0n) is 14.3. The molecule has 6 nitrogen and oxygen atoms in total. The summed E-state index contributed by atoms with van der Waals surface area (Å²) < 4.78 is 5.85. The summed E-state index contributed by atoms with van der Waals surface area (Å²) in [5.74, 6) is 0.866. The first-order chi connectivity index (χ1) is 11.5. The quantitative estimate of drug-likeness (QED) is 0.864. The minimum Gasteiger partial charge on any atom is -0.368 e. The van der Waals surface area contributed by atoms with Crippen molar-refractivity contribution in [2.45, 2.75) is 13.0 Å². The van der Waals surface area contributed by atoms with Crippen molar-refractivity contribution in [1.82, 2.24) is 14.9 Å². The van der Waals surface area contributed by atoms with Crippen LogP contribution < -0.4 is 4.90 Å². The van der Waals surface area contributed by atoms with Crippen LogP contribution in [0.3, 0.4) is 0 Å². The molecule has 0 bridgehead atoms. The molecule has 0 unspecified atom stereocenters. The maximum atomic E-state index is 12.7. The standard InChI is InChI=1S/C18H22N4O2/c1-13-9-14(11-19-10-13)18(23)22-7-8-24-16(12-22)15-5-4-6-17(20-15)21(2)3/h4-6,9-11,16H,7-8,12H2,1-3H3/t16-/m0/s1. The molecule has 1 fully saturated rings. The van der Waals surface area contributed by atoms with Crippen LogP contribution in [0.1, 0.15) is 27.7 Å². The van der Waals surface area contributed by atoms with E-state index >= 15 is 0 Å². The van der Waals surface area contributed by atoms with E-state index in [-0.39, 0.29) is 12.0 Å². The Bertz CT molecular complexity index is 732. The average Bonchev–Trinajstić information content (AvgIpc) is 2.61. The number of aryl methyl sites for hydroxylation is 1. The van der Waals surface area contributed by atoms with Crippen LogP contribution in [-0.2, 0) is 4.74 Å². The van der Waals surface area contributed by atoms with Gasteiger partial charge in [-0.25, -0.2) is 4.98 Å². The van der Waals surface area contributed by atoms with Crippen molar-refractivity contribution in [1.29, 1.82) is 0 Å². The highest BCUT2D eigenvalue weighted by atomic mass is 16.5. The fourth-order valence-electron chi connectivity index (χ4n) is 2.74. The van der Waals surface area contributed by atoms with Crippen LogP contribution in [0.15, 0.2) is 36.7 Å². The first-order valence-electron chi connectivity index (χ1n) is 8.01. The summed E-state index contributed by atoms with van der Waals surface area (Å²) in [6.07, 6.45) is 3.15. The number of rotatable bonds is 3. The summed E-state index contributed by atoms with van der Waals surface area (Å²) in [4.78, 5) is 25.2. The summed E-state index contributed by atoms with van der Waals surface area (Å²) in [6, 6.07) is 7.73. The summed E-state index contributed by atoms with van der Waals surface area (Å²) >= 11 is 0. The number of aromatic nitrogens is 2. The zero-order valence-corrected chi connectivity index (χ0v) is 14.3. The van der Waals surface area contributed by atoms with Gasteiger partial charge in [0.15, 0.2) is 0 Å². The van der Waals surface area contributed by atoms with Gasteiger partial charge in [-0.15, -0.1) is 0 Å². The van der Waals surface area contributed by atoms with Gasteiger partial charge in [0.05, 0.1) is 24.4 Å². The molecule has 0 aromatic carbocycles. The molecule has 1 atom stereocenters. The number of carbonyl (C=O) groups excluding carboxylic acids is 1. The first-order valence-corrected chi connectivity index (χ1v) is 8.01. The molecule has 6 heteroatoms. The van der Waals surface area contributed by atoms with Crippen LogP contribution in [0.2, 0.25) is 0 Å². The maximum Gasteiger partial charge on any atom is 0.255 e. The van der Waals surface area contributed by atoms with E-state index in [9.17, 15) is 4.79 Å². The largest absolute Gasteiger partial charge is 0.368 e. The topological polar surface area (TPSA) is 58.6 Å². The zero-order chi connectivity index (χ0) is 17.1. The molecule has 0 aliphatic carbocycles. The van der Waals surface area contributed by atoms with Crippen LogP contribution >= 0.6 is 0 Å². The van der Waals surface area contributed by atoms with E-state index in [0.717, 1.165) is 17.1 Å². The maximum absolute atomic E-state index is 12.7. The van der Waals surface area contributed by atoms with Crippen molar-refractivity contribution in [3.63, 3.8) is 0 Å². The fourth-order valence-corrected chi connectivity index (χ4v) is 2.74. The Labute approximate surface area is 142 Å². The third-order valence-electron chi connectivity index (χ3n) is 4.02. The Balaban J connectivity index is 1.77. The number of amides is 1. The van der Waals surface area contributed by atoms with E-state index in [1.165, 1.54) is 0 Å². The molecule has 3 rings (SSSR count).